The number of hydrogen-bond acceptors (Lipinski definition) is 1. The highest BCUT2D eigenvalue weighted by molar-refractivity contribution is 5.09. The normalized spacial score (nSPS) is 51.2. The second-order valence-electron chi connectivity index (χ2n) is 10.1. The van der Waals surface area contributed by atoms with Gasteiger partial charge in [-0.3, -0.25) is 0 Å². The molecule has 1 nitrogen and oxygen atoms in total. The molecule has 7 unspecified atom stereocenters. The number of aliphatic hydroxyl groups is 1. The molecular weight excluding hydrogens is 292 g/mol. The van der Waals surface area contributed by atoms with Crippen molar-refractivity contribution in [2.45, 2.75) is 84.5 Å². The van der Waals surface area contributed by atoms with E-state index in [1.165, 1.54) is 70.6 Å². The van der Waals surface area contributed by atoms with Gasteiger partial charge in [0.2, 0.25) is 0 Å². The quantitative estimate of drug-likeness (QED) is 0.632. The summed E-state index contributed by atoms with van der Waals surface area (Å²) in [5, 5.41) is 9.04. The first kappa shape index (κ1) is 17.1. The Balaban J connectivity index is 1.54. The van der Waals surface area contributed by atoms with E-state index in [0.29, 0.717) is 10.8 Å². The fourth-order valence-corrected chi connectivity index (χ4v) is 8.13. The van der Waals surface area contributed by atoms with Crippen molar-refractivity contribution in [2.24, 2.45) is 40.4 Å². The molecule has 1 heteroatoms. The molecule has 0 spiro atoms. The van der Waals surface area contributed by atoms with E-state index >= 15 is 0 Å². The molecular formula is C23H38O. The lowest BCUT2D eigenvalue weighted by molar-refractivity contribution is -0.110. The second kappa shape index (κ2) is 6.45. The van der Waals surface area contributed by atoms with Gasteiger partial charge in [-0.05, 0) is 98.2 Å². The van der Waals surface area contributed by atoms with E-state index in [2.05, 4.69) is 19.9 Å². The van der Waals surface area contributed by atoms with Crippen LogP contribution in [0.3, 0.4) is 0 Å². The van der Waals surface area contributed by atoms with Crippen molar-refractivity contribution < 1.29 is 5.11 Å². The second-order valence-corrected chi connectivity index (χ2v) is 10.1. The maximum Gasteiger partial charge on any atom is 0.0612 e. The molecule has 0 heterocycles. The van der Waals surface area contributed by atoms with Gasteiger partial charge < -0.3 is 5.11 Å². The van der Waals surface area contributed by atoms with Crippen molar-refractivity contribution in [1.29, 1.82) is 0 Å². The summed E-state index contributed by atoms with van der Waals surface area (Å²) in [6.45, 7) is 5.53. The largest absolute Gasteiger partial charge is 0.392 e. The molecule has 0 saturated heterocycles. The van der Waals surface area contributed by atoms with Crippen molar-refractivity contribution >= 4 is 0 Å². The average molecular weight is 331 g/mol. The Kier molecular flexibility index (Phi) is 4.61. The van der Waals surface area contributed by atoms with Crippen molar-refractivity contribution in [1.82, 2.24) is 0 Å². The first-order valence-corrected chi connectivity index (χ1v) is 10.9. The van der Waals surface area contributed by atoms with Gasteiger partial charge in [0.15, 0.2) is 0 Å². The molecule has 4 saturated carbocycles. The zero-order valence-electron chi connectivity index (χ0n) is 16.0. The van der Waals surface area contributed by atoms with Gasteiger partial charge >= 0.3 is 0 Å². The first-order chi connectivity index (χ1) is 11.6. The van der Waals surface area contributed by atoms with Crippen LogP contribution in [0.4, 0.5) is 0 Å². The highest BCUT2D eigenvalue weighted by Gasteiger charge is 2.59. The Morgan fingerprint density at radius 1 is 0.833 bits per heavy atom. The minimum atomic E-state index is 0.206. The van der Waals surface area contributed by atoms with Gasteiger partial charge in [-0.1, -0.05) is 38.8 Å². The minimum Gasteiger partial charge on any atom is -0.392 e. The maximum absolute atomic E-state index is 9.04. The van der Waals surface area contributed by atoms with Crippen molar-refractivity contribution in [2.75, 3.05) is 6.61 Å². The minimum absolute atomic E-state index is 0.206. The van der Waals surface area contributed by atoms with Crippen molar-refractivity contribution in [3.05, 3.63) is 12.2 Å². The summed E-state index contributed by atoms with van der Waals surface area (Å²) < 4.78 is 0. The van der Waals surface area contributed by atoms with Crippen LogP contribution < -0.4 is 0 Å². The smallest absolute Gasteiger partial charge is 0.0612 e. The molecule has 0 bridgehead atoms. The van der Waals surface area contributed by atoms with Gasteiger partial charge in [-0.15, -0.1) is 0 Å². The number of fused-ring (bicyclic) bond motifs is 5. The van der Waals surface area contributed by atoms with Gasteiger partial charge in [0.05, 0.1) is 6.61 Å². The van der Waals surface area contributed by atoms with E-state index in [9.17, 15) is 0 Å². The fraction of sp³-hybridized carbons (Fsp3) is 0.913. The molecule has 4 aliphatic rings. The summed E-state index contributed by atoms with van der Waals surface area (Å²) in [4.78, 5) is 0. The van der Waals surface area contributed by atoms with Gasteiger partial charge in [0.1, 0.15) is 0 Å². The van der Waals surface area contributed by atoms with Gasteiger partial charge in [-0.2, -0.15) is 0 Å². The van der Waals surface area contributed by atoms with Crippen molar-refractivity contribution in [3.63, 3.8) is 0 Å². The van der Waals surface area contributed by atoms with E-state index < -0.39 is 0 Å². The Labute approximate surface area is 149 Å². The molecule has 0 aromatic carbocycles. The highest BCUT2D eigenvalue weighted by atomic mass is 16.2. The van der Waals surface area contributed by atoms with Gasteiger partial charge in [0, 0.05) is 0 Å². The zero-order chi connectivity index (χ0) is 16.8. The maximum atomic E-state index is 9.04. The topological polar surface area (TPSA) is 20.2 Å². The number of rotatable bonds is 3. The standard InChI is InChI=1S/C23H38O/c1-22-14-5-3-7-17(22)9-11-19-20-12-10-18(8-4-6-16-24)23(20,2)15-13-21(19)22/h4,6,17-21,24H,3,5,7-16H2,1-2H3/b6-4+. The summed E-state index contributed by atoms with van der Waals surface area (Å²) >= 11 is 0. The first-order valence-electron chi connectivity index (χ1n) is 10.9. The average Bonchev–Trinajstić information content (AvgIpc) is 2.91. The molecule has 4 aliphatic carbocycles. The lowest BCUT2D eigenvalue weighted by Crippen LogP contribution is -2.52. The Bertz CT molecular complexity index is 482. The summed E-state index contributed by atoms with van der Waals surface area (Å²) in [6, 6.07) is 0. The Morgan fingerprint density at radius 2 is 1.67 bits per heavy atom. The third-order valence-corrected chi connectivity index (χ3v) is 9.47. The van der Waals surface area contributed by atoms with E-state index in [4.69, 9.17) is 5.11 Å². The molecule has 0 aliphatic heterocycles. The third kappa shape index (κ3) is 2.52. The summed E-state index contributed by atoms with van der Waals surface area (Å²) in [6.07, 6.45) is 20.4. The summed E-state index contributed by atoms with van der Waals surface area (Å²) in [5.41, 5.74) is 1.26. The van der Waals surface area contributed by atoms with E-state index in [1.54, 1.807) is 0 Å². The Morgan fingerprint density at radius 3 is 2.50 bits per heavy atom. The Hall–Kier alpha value is -0.300. The van der Waals surface area contributed by atoms with Crippen LogP contribution in [0.2, 0.25) is 0 Å². The van der Waals surface area contributed by atoms with Crippen LogP contribution in [-0.4, -0.2) is 11.7 Å². The molecule has 0 aromatic heterocycles. The van der Waals surface area contributed by atoms with Gasteiger partial charge in [-0.25, -0.2) is 0 Å². The van der Waals surface area contributed by atoms with E-state index in [1.807, 2.05) is 6.08 Å². The predicted octanol–water partition coefficient (Wildman–Crippen LogP) is 5.97. The molecule has 136 valence electrons. The number of allylic oxidation sites excluding steroid dienone is 1. The highest BCUT2D eigenvalue weighted by Crippen LogP contribution is 2.67. The molecule has 0 aromatic rings. The third-order valence-electron chi connectivity index (χ3n) is 9.47. The van der Waals surface area contributed by atoms with Crippen LogP contribution in [0.25, 0.3) is 0 Å². The molecule has 4 rings (SSSR count). The van der Waals surface area contributed by atoms with Crippen LogP contribution in [0, 0.1) is 40.4 Å². The summed E-state index contributed by atoms with van der Waals surface area (Å²) in [7, 11) is 0. The van der Waals surface area contributed by atoms with E-state index in [0.717, 1.165) is 29.6 Å². The SMILES string of the molecule is CC12CCC3C(CCC4CCCCC43C)C1CCC2C/C=C/CO. The molecule has 4 fully saturated rings. The molecule has 24 heavy (non-hydrogen) atoms. The molecule has 1 N–H and O–H groups in total. The lowest BCUT2D eigenvalue weighted by Gasteiger charge is -2.60. The van der Waals surface area contributed by atoms with Crippen LogP contribution in [-0.2, 0) is 0 Å². The van der Waals surface area contributed by atoms with E-state index in [-0.39, 0.29) is 6.61 Å². The fourth-order valence-electron chi connectivity index (χ4n) is 8.13. The number of aliphatic hydroxyl groups excluding tert-OH is 1. The molecule has 7 atom stereocenters. The summed E-state index contributed by atoms with van der Waals surface area (Å²) in [5.74, 6) is 4.95. The lowest BCUT2D eigenvalue weighted by atomic mass is 9.45. The zero-order valence-corrected chi connectivity index (χ0v) is 16.0. The van der Waals surface area contributed by atoms with Crippen LogP contribution >= 0.6 is 0 Å². The predicted molar refractivity (Wildman–Crippen MR) is 101 cm³/mol. The van der Waals surface area contributed by atoms with Crippen molar-refractivity contribution in [3.8, 4) is 0 Å². The van der Waals surface area contributed by atoms with Gasteiger partial charge in [0.25, 0.3) is 0 Å². The van der Waals surface area contributed by atoms with Crippen LogP contribution in [0.15, 0.2) is 12.2 Å². The molecule has 0 amide bonds. The van der Waals surface area contributed by atoms with Crippen LogP contribution in [0.1, 0.15) is 84.5 Å². The number of hydrogen-bond donors (Lipinski definition) is 1. The monoisotopic (exact) mass is 330 g/mol. The van der Waals surface area contributed by atoms with Crippen LogP contribution in [0.5, 0.6) is 0 Å². The molecule has 0 radical (unpaired) electrons.